The third-order valence-electron chi connectivity index (χ3n) is 4.40. The molecular formula is C19H23ClN4O4. The Bertz CT molecular complexity index is 881. The highest BCUT2D eigenvalue weighted by atomic mass is 35.5. The molecule has 1 aliphatic rings. The van der Waals surface area contributed by atoms with Gasteiger partial charge < -0.3 is 24.8 Å². The fraction of sp³-hybridized carbons (Fsp3) is 0.421. The zero-order valence-corrected chi connectivity index (χ0v) is 16.8. The molecule has 1 aliphatic heterocycles. The van der Waals surface area contributed by atoms with Crippen molar-refractivity contribution in [1.29, 1.82) is 0 Å². The van der Waals surface area contributed by atoms with Crippen molar-refractivity contribution in [3.8, 4) is 5.75 Å². The van der Waals surface area contributed by atoms with E-state index in [9.17, 15) is 9.59 Å². The number of methoxy groups -OCH3 is 1. The number of aromatic nitrogens is 1. The van der Waals surface area contributed by atoms with E-state index in [0.717, 1.165) is 0 Å². The molecule has 0 unspecified atom stereocenters. The van der Waals surface area contributed by atoms with Gasteiger partial charge in [0, 0.05) is 30.1 Å². The van der Waals surface area contributed by atoms with Crippen LogP contribution >= 0.6 is 11.6 Å². The molecule has 0 saturated carbocycles. The van der Waals surface area contributed by atoms with E-state index in [1.807, 2.05) is 13.8 Å². The number of carbonyl (C=O) groups excluding carboxylic acids is 2. The van der Waals surface area contributed by atoms with Crippen molar-refractivity contribution in [1.82, 2.24) is 15.4 Å². The molecule has 0 saturated heterocycles. The number of nitrogens with one attached hydrogen (secondary N) is 2. The molecule has 0 spiro atoms. The Hall–Kier alpha value is -2.74. The van der Waals surface area contributed by atoms with Crippen LogP contribution in [-0.2, 0) is 13.0 Å². The Morgan fingerprint density at radius 2 is 2.18 bits per heavy atom. The van der Waals surface area contributed by atoms with Gasteiger partial charge >= 0.3 is 6.03 Å². The summed E-state index contributed by atoms with van der Waals surface area (Å²) in [5, 5.41) is 10.0. The largest absolute Gasteiger partial charge is 0.495 e. The molecule has 3 rings (SSSR count). The van der Waals surface area contributed by atoms with E-state index in [4.69, 9.17) is 20.9 Å². The minimum absolute atomic E-state index is 0.230. The summed E-state index contributed by atoms with van der Waals surface area (Å²) < 4.78 is 10.6. The Labute approximate surface area is 168 Å². The SMILES string of the molecule is COc1ccc(Cl)cc1NC(=O)N1CCc2onc(C(=O)NCC(C)C)c2C1. The second-order valence-electron chi connectivity index (χ2n) is 6.98. The second kappa shape index (κ2) is 8.52. The highest BCUT2D eigenvalue weighted by molar-refractivity contribution is 6.31. The molecule has 2 N–H and O–H groups in total. The average molecular weight is 407 g/mol. The third kappa shape index (κ3) is 4.39. The van der Waals surface area contributed by atoms with Gasteiger partial charge in [-0.15, -0.1) is 0 Å². The number of urea groups is 1. The second-order valence-corrected chi connectivity index (χ2v) is 7.42. The summed E-state index contributed by atoms with van der Waals surface area (Å²) in [7, 11) is 1.52. The lowest BCUT2D eigenvalue weighted by atomic mass is 10.1. The zero-order valence-electron chi connectivity index (χ0n) is 16.0. The summed E-state index contributed by atoms with van der Waals surface area (Å²) in [5.74, 6) is 1.17. The molecule has 0 fully saturated rings. The molecule has 0 atom stereocenters. The monoisotopic (exact) mass is 406 g/mol. The Kier molecular flexibility index (Phi) is 6.08. The van der Waals surface area contributed by atoms with Crippen LogP contribution in [0, 0.1) is 5.92 Å². The van der Waals surface area contributed by atoms with Crippen LogP contribution in [-0.4, -0.2) is 42.2 Å². The Balaban J connectivity index is 1.72. The van der Waals surface area contributed by atoms with Gasteiger partial charge in [-0.2, -0.15) is 0 Å². The molecule has 2 heterocycles. The number of nitrogens with zero attached hydrogens (tertiary/aromatic N) is 2. The van der Waals surface area contributed by atoms with Crippen LogP contribution in [0.2, 0.25) is 5.02 Å². The first kappa shape index (κ1) is 20.0. The van der Waals surface area contributed by atoms with Crippen molar-refractivity contribution in [3.05, 3.63) is 40.2 Å². The van der Waals surface area contributed by atoms with Gasteiger partial charge in [-0.25, -0.2) is 4.79 Å². The molecule has 1 aromatic carbocycles. The van der Waals surface area contributed by atoms with Crippen molar-refractivity contribution in [3.63, 3.8) is 0 Å². The van der Waals surface area contributed by atoms with Crippen LogP contribution in [0.25, 0.3) is 0 Å². The standard InChI is InChI=1S/C19H23ClN4O4/c1-11(2)9-21-18(25)17-13-10-24(7-6-15(13)28-23-17)19(26)22-14-8-12(20)4-5-16(14)27-3/h4-5,8,11H,6-7,9-10H2,1-3H3,(H,21,25)(H,22,26). The van der Waals surface area contributed by atoms with Crippen LogP contribution in [0.5, 0.6) is 5.75 Å². The molecule has 28 heavy (non-hydrogen) atoms. The molecular weight excluding hydrogens is 384 g/mol. The number of hydrogen-bond acceptors (Lipinski definition) is 5. The molecule has 8 nitrogen and oxygen atoms in total. The maximum Gasteiger partial charge on any atom is 0.322 e. The summed E-state index contributed by atoms with van der Waals surface area (Å²) in [6.45, 7) is 5.24. The predicted octanol–water partition coefficient (Wildman–Crippen LogP) is 3.31. The van der Waals surface area contributed by atoms with Crippen molar-refractivity contribution >= 4 is 29.2 Å². The highest BCUT2D eigenvalue weighted by Crippen LogP contribution is 2.29. The van der Waals surface area contributed by atoms with Crippen LogP contribution in [0.4, 0.5) is 10.5 Å². The maximum absolute atomic E-state index is 12.7. The van der Waals surface area contributed by atoms with Crippen molar-refractivity contribution in [2.24, 2.45) is 5.92 Å². The van der Waals surface area contributed by atoms with E-state index in [2.05, 4.69) is 15.8 Å². The van der Waals surface area contributed by atoms with Crippen LogP contribution < -0.4 is 15.4 Å². The van der Waals surface area contributed by atoms with Gasteiger partial charge in [0.15, 0.2) is 5.69 Å². The van der Waals surface area contributed by atoms with Gasteiger partial charge in [-0.3, -0.25) is 4.79 Å². The maximum atomic E-state index is 12.7. The fourth-order valence-electron chi connectivity index (χ4n) is 2.91. The normalized spacial score (nSPS) is 13.2. The van der Waals surface area contributed by atoms with Crippen molar-refractivity contribution in [2.75, 3.05) is 25.5 Å². The van der Waals surface area contributed by atoms with E-state index in [0.29, 0.717) is 53.2 Å². The third-order valence-corrected chi connectivity index (χ3v) is 4.64. The summed E-state index contributed by atoms with van der Waals surface area (Å²) in [4.78, 5) is 26.7. The van der Waals surface area contributed by atoms with Gasteiger partial charge in [0.05, 0.1) is 19.3 Å². The summed E-state index contributed by atoms with van der Waals surface area (Å²) in [5.41, 5.74) is 1.35. The number of amides is 3. The van der Waals surface area contributed by atoms with Crippen molar-refractivity contribution in [2.45, 2.75) is 26.8 Å². The average Bonchev–Trinajstić information content (AvgIpc) is 3.09. The summed E-state index contributed by atoms with van der Waals surface area (Å²) >= 11 is 6.02. The summed E-state index contributed by atoms with van der Waals surface area (Å²) in [6.07, 6.45) is 0.486. The van der Waals surface area contributed by atoms with Crippen LogP contribution in [0.1, 0.15) is 35.7 Å². The van der Waals surface area contributed by atoms with Gasteiger partial charge in [-0.1, -0.05) is 30.6 Å². The quantitative estimate of drug-likeness (QED) is 0.793. The molecule has 0 radical (unpaired) electrons. The van der Waals surface area contributed by atoms with Gasteiger partial charge in [-0.05, 0) is 24.1 Å². The van der Waals surface area contributed by atoms with E-state index >= 15 is 0 Å². The Morgan fingerprint density at radius 1 is 1.39 bits per heavy atom. The zero-order chi connectivity index (χ0) is 20.3. The molecule has 1 aromatic heterocycles. The number of benzene rings is 1. The number of hydrogen-bond donors (Lipinski definition) is 2. The predicted molar refractivity (Wildman–Crippen MR) is 105 cm³/mol. The van der Waals surface area contributed by atoms with Crippen molar-refractivity contribution < 1.29 is 18.8 Å². The number of ether oxygens (including phenoxy) is 1. The molecule has 2 aromatic rings. The number of anilines is 1. The van der Waals surface area contributed by atoms with Gasteiger partial charge in [0.1, 0.15) is 11.5 Å². The molecule has 0 aliphatic carbocycles. The molecule has 0 bridgehead atoms. The highest BCUT2D eigenvalue weighted by Gasteiger charge is 2.30. The first-order chi connectivity index (χ1) is 13.4. The smallest absolute Gasteiger partial charge is 0.322 e. The van der Waals surface area contributed by atoms with Crippen LogP contribution in [0.3, 0.4) is 0 Å². The first-order valence-corrected chi connectivity index (χ1v) is 9.42. The van der Waals surface area contributed by atoms with Crippen LogP contribution in [0.15, 0.2) is 22.7 Å². The van der Waals surface area contributed by atoms with E-state index < -0.39 is 0 Å². The number of carbonyl (C=O) groups is 2. The summed E-state index contributed by atoms with van der Waals surface area (Å²) in [6, 6.07) is 4.67. The molecule has 150 valence electrons. The lowest BCUT2D eigenvalue weighted by molar-refractivity contribution is 0.0938. The van der Waals surface area contributed by atoms with E-state index in [1.165, 1.54) is 7.11 Å². The van der Waals surface area contributed by atoms with Gasteiger partial charge in [0.2, 0.25) is 0 Å². The van der Waals surface area contributed by atoms with E-state index in [1.54, 1.807) is 23.1 Å². The lowest BCUT2D eigenvalue weighted by Gasteiger charge is -2.26. The molecule has 9 heteroatoms. The minimum atomic E-state index is -0.319. The molecule has 3 amide bonds. The number of fused-ring (bicyclic) bond motifs is 1. The van der Waals surface area contributed by atoms with Gasteiger partial charge in [0.25, 0.3) is 5.91 Å². The lowest BCUT2D eigenvalue weighted by Crippen LogP contribution is -2.39. The fourth-order valence-corrected chi connectivity index (χ4v) is 3.09. The topological polar surface area (TPSA) is 96.7 Å². The Morgan fingerprint density at radius 3 is 2.89 bits per heavy atom. The first-order valence-electron chi connectivity index (χ1n) is 9.04. The van der Waals surface area contributed by atoms with E-state index in [-0.39, 0.29) is 24.2 Å². The number of halogens is 1. The number of rotatable bonds is 5. The minimum Gasteiger partial charge on any atom is -0.495 e.